The topological polar surface area (TPSA) is 128 Å². The maximum atomic E-state index is 12.9. The number of benzene rings is 2. The van der Waals surface area contributed by atoms with Crippen LogP contribution in [0.1, 0.15) is 24.0 Å². The van der Waals surface area contributed by atoms with Gasteiger partial charge >= 0.3 is 5.97 Å². The quantitative estimate of drug-likeness (QED) is 0.734. The molecular weight excluding hydrogens is 396 g/mol. The number of β-amino-alcohol motifs (C(OH)–C–C–N with tert-alkyl or cyclic N) is 1. The standard InChI is InChI=1S/C20H20N2O6S/c21-11-14-2-1-3-15(10-14)13-28-17-5-7-18(8-6-17)29(26,27)22-12-16(23)4-9-19(22)20(24)25/h1-3,5-8,10,16,19,23H,4,9,12-13H2,(H,24,25). The summed E-state index contributed by atoms with van der Waals surface area (Å²) in [5.74, 6) is -0.806. The molecule has 2 N–H and O–H groups in total. The molecule has 9 heteroatoms. The second kappa shape index (κ2) is 8.61. The molecule has 1 aliphatic heterocycles. The first-order valence-corrected chi connectivity index (χ1v) is 10.4. The lowest BCUT2D eigenvalue weighted by Crippen LogP contribution is -2.51. The second-order valence-corrected chi connectivity index (χ2v) is 8.62. The van der Waals surface area contributed by atoms with E-state index >= 15 is 0 Å². The van der Waals surface area contributed by atoms with Gasteiger partial charge in [-0.1, -0.05) is 12.1 Å². The second-order valence-electron chi connectivity index (χ2n) is 6.73. The molecule has 29 heavy (non-hydrogen) atoms. The van der Waals surface area contributed by atoms with Crippen LogP contribution < -0.4 is 4.74 Å². The number of carboxylic acid groups (broad SMARTS) is 1. The molecule has 1 aliphatic rings. The molecule has 0 bridgehead atoms. The summed E-state index contributed by atoms with van der Waals surface area (Å²) in [7, 11) is -4.08. The highest BCUT2D eigenvalue weighted by Gasteiger charge is 2.40. The fourth-order valence-electron chi connectivity index (χ4n) is 3.17. The summed E-state index contributed by atoms with van der Waals surface area (Å²) in [6.45, 7) is -0.0478. The summed E-state index contributed by atoms with van der Waals surface area (Å²) in [6, 6.07) is 13.4. The van der Waals surface area contributed by atoms with Gasteiger partial charge in [0.2, 0.25) is 10.0 Å². The third-order valence-corrected chi connectivity index (χ3v) is 6.58. The van der Waals surface area contributed by atoms with Crippen LogP contribution in [0.2, 0.25) is 0 Å². The van der Waals surface area contributed by atoms with Gasteiger partial charge in [0.15, 0.2) is 0 Å². The number of hydrogen-bond acceptors (Lipinski definition) is 6. The molecule has 0 aromatic heterocycles. The van der Waals surface area contributed by atoms with E-state index in [1.165, 1.54) is 24.3 Å². The van der Waals surface area contributed by atoms with Crippen molar-refractivity contribution in [3.8, 4) is 11.8 Å². The molecule has 8 nitrogen and oxygen atoms in total. The minimum Gasteiger partial charge on any atom is -0.489 e. The number of ether oxygens (including phenoxy) is 1. The van der Waals surface area contributed by atoms with Crippen molar-refractivity contribution in [2.24, 2.45) is 0 Å². The number of nitrogens with zero attached hydrogens (tertiary/aromatic N) is 2. The molecule has 1 heterocycles. The Morgan fingerprint density at radius 3 is 2.59 bits per heavy atom. The number of nitriles is 1. The number of hydrogen-bond donors (Lipinski definition) is 2. The zero-order valence-electron chi connectivity index (χ0n) is 15.4. The largest absolute Gasteiger partial charge is 0.489 e. The average molecular weight is 416 g/mol. The van der Waals surface area contributed by atoms with Gasteiger partial charge in [-0.2, -0.15) is 9.57 Å². The molecule has 1 fully saturated rings. The lowest BCUT2D eigenvalue weighted by molar-refractivity contribution is -0.143. The fraction of sp³-hybridized carbons (Fsp3) is 0.300. The van der Waals surface area contributed by atoms with Crippen LogP contribution in [0.5, 0.6) is 5.75 Å². The molecule has 2 atom stereocenters. The van der Waals surface area contributed by atoms with Crippen LogP contribution in [-0.4, -0.2) is 47.6 Å². The number of rotatable bonds is 6. The maximum absolute atomic E-state index is 12.9. The molecule has 0 spiro atoms. The molecule has 2 unspecified atom stereocenters. The molecule has 2 aromatic rings. The Balaban J connectivity index is 1.74. The van der Waals surface area contributed by atoms with Crippen molar-refractivity contribution in [3.05, 3.63) is 59.7 Å². The van der Waals surface area contributed by atoms with E-state index in [1.807, 2.05) is 12.1 Å². The Labute approximate surface area is 168 Å². The average Bonchev–Trinajstić information content (AvgIpc) is 2.72. The van der Waals surface area contributed by atoms with Crippen molar-refractivity contribution in [2.45, 2.75) is 36.5 Å². The van der Waals surface area contributed by atoms with Crippen LogP contribution in [-0.2, 0) is 21.4 Å². The fourth-order valence-corrected chi connectivity index (χ4v) is 4.82. The Morgan fingerprint density at radius 2 is 1.93 bits per heavy atom. The van der Waals surface area contributed by atoms with Gasteiger partial charge in [0.25, 0.3) is 0 Å². The van der Waals surface area contributed by atoms with Gasteiger partial charge in [0, 0.05) is 6.54 Å². The predicted octanol–water partition coefficient (Wildman–Crippen LogP) is 1.74. The Hall–Kier alpha value is -2.93. The third-order valence-electron chi connectivity index (χ3n) is 4.69. The van der Waals surface area contributed by atoms with Crippen LogP contribution in [0, 0.1) is 11.3 Å². The Morgan fingerprint density at radius 1 is 1.21 bits per heavy atom. The van der Waals surface area contributed by atoms with Crippen molar-refractivity contribution in [1.29, 1.82) is 5.26 Å². The summed E-state index contributed by atoms with van der Waals surface area (Å²) in [6.07, 6.45) is -0.603. The third kappa shape index (κ3) is 4.74. The summed E-state index contributed by atoms with van der Waals surface area (Å²) in [5, 5.41) is 28.1. The molecule has 0 saturated carbocycles. The maximum Gasteiger partial charge on any atom is 0.322 e. The van der Waals surface area contributed by atoms with Gasteiger partial charge in [0.05, 0.1) is 22.6 Å². The first kappa shape index (κ1) is 20.8. The minimum atomic E-state index is -4.08. The zero-order valence-corrected chi connectivity index (χ0v) is 16.2. The molecule has 3 rings (SSSR count). The molecule has 152 valence electrons. The first-order chi connectivity index (χ1) is 13.8. The predicted molar refractivity (Wildman–Crippen MR) is 102 cm³/mol. The van der Waals surface area contributed by atoms with Crippen LogP contribution in [0.15, 0.2) is 53.4 Å². The molecule has 0 aliphatic carbocycles. The summed E-state index contributed by atoms with van der Waals surface area (Å²) >= 11 is 0. The summed E-state index contributed by atoms with van der Waals surface area (Å²) in [5.41, 5.74) is 1.32. The van der Waals surface area contributed by atoms with Gasteiger partial charge < -0.3 is 14.9 Å². The monoisotopic (exact) mass is 416 g/mol. The van der Waals surface area contributed by atoms with Crippen molar-refractivity contribution in [2.75, 3.05) is 6.54 Å². The zero-order chi connectivity index (χ0) is 21.0. The van der Waals surface area contributed by atoms with Crippen LogP contribution >= 0.6 is 0 Å². The van der Waals surface area contributed by atoms with Crippen LogP contribution in [0.3, 0.4) is 0 Å². The number of aliphatic carboxylic acids is 1. The number of sulfonamides is 1. The van der Waals surface area contributed by atoms with E-state index in [4.69, 9.17) is 10.00 Å². The highest BCUT2D eigenvalue weighted by molar-refractivity contribution is 7.89. The lowest BCUT2D eigenvalue weighted by Gasteiger charge is -2.34. The highest BCUT2D eigenvalue weighted by atomic mass is 32.2. The number of aliphatic hydroxyl groups excluding tert-OH is 1. The number of aliphatic hydroxyl groups is 1. The first-order valence-electron chi connectivity index (χ1n) is 8.96. The van der Waals surface area contributed by atoms with E-state index in [-0.39, 0.29) is 30.9 Å². The Kier molecular flexibility index (Phi) is 6.17. The molecular formula is C20H20N2O6S. The smallest absolute Gasteiger partial charge is 0.322 e. The molecule has 0 amide bonds. The van der Waals surface area contributed by atoms with Gasteiger partial charge in [-0.25, -0.2) is 8.42 Å². The van der Waals surface area contributed by atoms with E-state index in [9.17, 15) is 23.4 Å². The van der Waals surface area contributed by atoms with Crippen LogP contribution in [0.25, 0.3) is 0 Å². The van der Waals surface area contributed by atoms with Crippen molar-refractivity contribution < 1.29 is 28.2 Å². The van der Waals surface area contributed by atoms with Gasteiger partial charge in [0.1, 0.15) is 18.4 Å². The Bertz CT molecular complexity index is 1030. The van der Waals surface area contributed by atoms with Crippen molar-refractivity contribution >= 4 is 16.0 Å². The lowest BCUT2D eigenvalue weighted by atomic mass is 10.0. The number of piperidine rings is 1. The van der Waals surface area contributed by atoms with Crippen LogP contribution in [0.4, 0.5) is 0 Å². The van der Waals surface area contributed by atoms with Gasteiger partial charge in [-0.15, -0.1) is 0 Å². The normalized spacial score (nSPS) is 20.0. The van der Waals surface area contributed by atoms with E-state index < -0.39 is 28.1 Å². The summed E-state index contributed by atoms with van der Waals surface area (Å²) in [4.78, 5) is 11.4. The van der Waals surface area contributed by atoms with Gasteiger partial charge in [-0.3, -0.25) is 4.79 Å². The van der Waals surface area contributed by atoms with E-state index in [0.717, 1.165) is 9.87 Å². The number of carboxylic acids is 1. The van der Waals surface area contributed by atoms with Crippen molar-refractivity contribution in [3.63, 3.8) is 0 Å². The summed E-state index contributed by atoms with van der Waals surface area (Å²) < 4.78 is 32.2. The van der Waals surface area contributed by atoms with E-state index in [1.54, 1.807) is 18.2 Å². The molecule has 1 saturated heterocycles. The van der Waals surface area contributed by atoms with E-state index in [0.29, 0.717) is 11.3 Å². The van der Waals surface area contributed by atoms with E-state index in [2.05, 4.69) is 0 Å². The van der Waals surface area contributed by atoms with Crippen molar-refractivity contribution in [1.82, 2.24) is 4.31 Å². The molecule has 0 radical (unpaired) electrons. The minimum absolute atomic E-state index is 0.0543. The highest BCUT2D eigenvalue weighted by Crippen LogP contribution is 2.27. The molecule has 2 aromatic carbocycles. The number of carbonyl (C=O) groups is 1. The SMILES string of the molecule is N#Cc1cccc(COc2ccc(S(=O)(=O)N3CC(O)CCC3C(=O)O)cc2)c1. The van der Waals surface area contributed by atoms with Gasteiger partial charge in [-0.05, 0) is 54.8 Å².